The van der Waals surface area contributed by atoms with Crippen LogP contribution in [0.25, 0.3) is 0 Å². The maximum absolute atomic E-state index is 11.4. The second kappa shape index (κ2) is 20.2. The summed E-state index contributed by atoms with van der Waals surface area (Å²) in [6, 6.07) is 0. The third-order valence-electron chi connectivity index (χ3n) is 7.59. The molecule has 7 heteroatoms. The van der Waals surface area contributed by atoms with Crippen molar-refractivity contribution in [2.75, 3.05) is 26.2 Å². The normalized spacial score (nSPS) is 15.9. The first-order chi connectivity index (χ1) is 17.0. The van der Waals surface area contributed by atoms with E-state index in [4.69, 9.17) is 0 Å². The Bertz CT molecular complexity index is 588. The third kappa shape index (κ3) is 16.7. The maximum atomic E-state index is 11.4. The fraction of sp³-hybridized carbons (Fsp3) is 0.828. The third-order valence-corrected chi connectivity index (χ3v) is 7.59. The molecular weight excluding hydrogens is 458 g/mol. The van der Waals surface area contributed by atoms with Gasteiger partial charge in [0.2, 0.25) is 0 Å². The fourth-order valence-corrected chi connectivity index (χ4v) is 4.55. The molecule has 0 fully saturated rings. The molecule has 0 aliphatic heterocycles. The summed E-state index contributed by atoms with van der Waals surface area (Å²) >= 11 is 0. The summed E-state index contributed by atoms with van der Waals surface area (Å²) < 4.78 is 0.582. The zero-order chi connectivity index (χ0) is 27.4. The Balaban J connectivity index is 4.90. The first-order valence-electron chi connectivity index (χ1n) is 14.2. The summed E-state index contributed by atoms with van der Waals surface area (Å²) in [5, 5.41) is 30.1. The maximum Gasteiger partial charge on any atom is 0.306 e. The molecule has 2 N–H and O–H groups in total. The Morgan fingerprint density at radius 2 is 1.06 bits per heavy atom. The lowest BCUT2D eigenvalue weighted by atomic mass is 10.0. The molecule has 0 aliphatic rings. The lowest BCUT2D eigenvalue weighted by molar-refractivity contribution is -0.929. The number of quaternary nitrogens is 1. The van der Waals surface area contributed by atoms with Gasteiger partial charge >= 0.3 is 11.9 Å². The van der Waals surface area contributed by atoms with E-state index >= 15 is 0 Å². The molecule has 7 nitrogen and oxygen atoms in total. The minimum Gasteiger partial charge on any atom is -0.550 e. The average Bonchev–Trinajstić information content (AvgIpc) is 2.84. The molecule has 3 unspecified atom stereocenters. The number of aliphatic carboxylic acids is 3. The van der Waals surface area contributed by atoms with Crippen LogP contribution in [0.2, 0.25) is 0 Å². The summed E-state index contributed by atoms with van der Waals surface area (Å²) in [6.45, 7) is 9.75. The fourth-order valence-electron chi connectivity index (χ4n) is 4.55. The van der Waals surface area contributed by atoms with Gasteiger partial charge in [-0.3, -0.25) is 9.59 Å². The van der Waals surface area contributed by atoms with E-state index in [1.165, 1.54) is 44.9 Å². The van der Waals surface area contributed by atoms with Gasteiger partial charge in [0.25, 0.3) is 0 Å². The Kier molecular flexibility index (Phi) is 19.1. The van der Waals surface area contributed by atoms with Crippen molar-refractivity contribution in [3.63, 3.8) is 0 Å². The SMILES string of the molecule is C/C=C/CCCCCCCCCCC[N+](CCC(C)C(=O)[O-])(CCC(C)C(=O)O)CCC(C)C(=O)O. The first kappa shape index (κ1) is 34.1. The monoisotopic (exact) mass is 511 g/mol. The minimum absolute atomic E-state index is 0.444. The second-order valence-corrected chi connectivity index (χ2v) is 10.8. The van der Waals surface area contributed by atoms with Crippen molar-refractivity contribution in [2.45, 2.75) is 111 Å². The predicted molar refractivity (Wildman–Crippen MR) is 142 cm³/mol. The topological polar surface area (TPSA) is 115 Å². The van der Waals surface area contributed by atoms with Crippen molar-refractivity contribution < 1.29 is 34.2 Å². The molecule has 0 spiro atoms. The first-order valence-corrected chi connectivity index (χ1v) is 14.2. The number of carboxylic acids is 3. The highest BCUT2D eigenvalue weighted by Crippen LogP contribution is 2.22. The lowest BCUT2D eigenvalue weighted by Gasteiger charge is -2.41. The van der Waals surface area contributed by atoms with Crippen LogP contribution in [-0.2, 0) is 14.4 Å². The molecule has 210 valence electrons. The van der Waals surface area contributed by atoms with Crippen molar-refractivity contribution in [1.82, 2.24) is 0 Å². The van der Waals surface area contributed by atoms with E-state index in [0.29, 0.717) is 43.4 Å². The lowest BCUT2D eigenvalue weighted by Crippen LogP contribution is -2.52. The average molecular weight is 512 g/mol. The highest BCUT2D eigenvalue weighted by molar-refractivity contribution is 5.69. The number of nitrogens with zero attached hydrogens (tertiary/aromatic N) is 1. The molecule has 0 saturated heterocycles. The van der Waals surface area contributed by atoms with Crippen molar-refractivity contribution in [3.8, 4) is 0 Å². The van der Waals surface area contributed by atoms with Crippen LogP contribution in [0.4, 0.5) is 0 Å². The number of carbonyl (C=O) groups is 3. The van der Waals surface area contributed by atoms with Crippen LogP contribution in [0.5, 0.6) is 0 Å². The van der Waals surface area contributed by atoms with Gasteiger partial charge < -0.3 is 24.6 Å². The smallest absolute Gasteiger partial charge is 0.306 e. The highest BCUT2D eigenvalue weighted by Gasteiger charge is 2.30. The molecule has 0 rings (SSSR count). The van der Waals surface area contributed by atoms with E-state index in [0.717, 1.165) is 25.8 Å². The molecule has 0 amide bonds. The van der Waals surface area contributed by atoms with Crippen molar-refractivity contribution in [1.29, 1.82) is 0 Å². The van der Waals surface area contributed by atoms with Crippen LogP contribution in [0.1, 0.15) is 111 Å². The number of hydrogen-bond donors (Lipinski definition) is 2. The number of rotatable bonds is 24. The molecule has 0 aromatic heterocycles. The van der Waals surface area contributed by atoms with E-state index in [9.17, 15) is 29.7 Å². The molecule has 0 aliphatic carbocycles. The van der Waals surface area contributed by atoms with Gasteiger partial charge in [-0.05, 0) is 32.6 Å². The number of hydrogen-bond acceptors (Lipinski definition) is 4. The Morgan fingerprint density at radius 3 is 1.44 bits per heavy atom. The van der Waals surface area contributed by atoms with E-state index in [-0.39, 0.29) is 0 Å². The molecule has 0 aromatic carbocycles. The zero-order valence-corrected chi connectivity index (χ0v) is 23.4. The van der Waals surface area contributed by atoms with Gasteiger partial charge in [-0.15, -0.1) is 0 Å². The van der Waals surface area contributed by atoms with E-state index in [1.54, 1.807) is 20.8 Å². The van der Waals surface area contributed by atoms with Crippen LogP contribution < -0.4 is 5.11 Å². The summed E-state index contributed by atoms with van der Waals surface area (Å²) in [5.74, 6) is -4.32. The number of carboxylic acid groups (broad SMARTS) is 3. The largest absolute Gasteiger partial charge is 0.550 e. The Morgan fingerprint density at radius 1 is 0.667 bits per heavy atom. The van der Waals surface area contributed by atoms with Crippen molar-refractivity contribution in [3.05, 3.63) is 12.2 Å². The molecule has 0 radical (unpaired) electrons. The molecule has 36 heavy (non-hydrogen) atoms. The highest BCUT2D eigenvalue weighted by atomic mass is 16.4. The van der Waals surface area contributed by atoms with Gasteiger partial charge in [-0.25, -0.2) is 0 Å². The molecule has 0 bridgehead atoms. The molecular formula is C29H53NO6. The zero-order valence-electron chi connectivity index (χ0n) is 23.4. The van der Waals surface area contributed by atoms with Crippen molar-refractivity contribution >= 4 is 17.9 Å². The molecule has 0 aromatic rings. The van der Waals surface area contributed by atoms with E-state index < -0.39 is 35.7 Å². The summed E-state index contributed by atoms with van der Waals surface area (Å²) in [5.41, 5.74) is 0. The van der Waals surface area contributed by atoms with E-state index in [1.807, 2.05) is 0 Å². The van der Waals surface area contributed by atoms with Crippen LogP contribution in [0.3, 0.4) is 0 Å². The van der Waals surface area contributed by atoms with Gasteiger partial charge in [0, 0.05) is 31.1 Å². The minimum atomic E-state index is -1.08. The predicted octanol–water partition coefficient (Wildman–Crippen LogP) is 5.28. The van der Waals surface area contributed by atoms with Gasteiger partial charge in [-0.2, -0.15) is 0 Å². The van der Waals surface area contributed by atoms with Crippen molar-refractivity contribution in [2.24, 2.45) is 17.8 Å². The van der Waals surface area contributed by atoms with E-state index in [2.05, 4.69) is 19.1 Å². The second-order valence-electron chi connectivity index (χ2n) is 10.8. The molecule has 0 heterocycles. The number of carbonyl (C=O) groups excluding carboxylic acids is 1. The van der Waals surface area contributed by atoms with Crippen LogP contribution in [0.15, 0.2) is 12.2 Å². The van der Waals surface area contributed by atoms with Gasteiger partial charge in [-0.1, -0.05) is 71.4 Å². The van der Waals surface area contributed by atoms with Crippen LogP contribution in [0, 0.1) is 17.8 Å². The molecule has 0 saturated carbocycles. The van der Waals surface area contributed by atoms with Crippen LogP contribution in [-0.4, -0.2) is 58.8 Å². The van der Waals surface area contributed by atoms with Gasteiger partial charge in [0.05, 0.1) is 38.0 Å². The summed E-state index contributed by atoms with van der Waals surface area (Å²) in [4.78, 5) is 34.2. The Hall–Kier alpha value is -1.89. The van der Waals surface area contributed by atoms with Crippen LogP contribution >= 0.6 is 0 Å². The quantitative estimate of drug-likeness (QED) is 0.104. The summed E-state index contributed by atoms with van der Waals surface area (Å²) in [6.07, 6.45) is 17.7. The van der Waals surface area contributed by atoms with Gasteiger partial charge in [0.15, 0.2) is 0 Å². The Labute approximate surface area is 219 Å². The summed E-state index contributed by atoms with van der Waals surface area (Å²) in [7, 11) is 0. The van der Waals surface area contributed by atoms with Gasteiger partial charge in [0.1, 0.15) is 0 Å². The standard InChI is InChI=1S/C29H53NO6/c1-5-6-7-8-9-10-11-12-13-14-15-16-20-30(21-17-24(2)27(31)32,22-18-25(3)28(33)34)23-19-26(4)29(35)36/h5-6,24-26H,7-23H2,1-4H3,(H2-,31,32,33,34,35,36)/b6-5+. The number of allylic oxidation sites excluding steroid dienone is 2. The molecule has 3 atom stereocenters. The number of unbranched alkanes of at least 4 members (excludes halogenated alkanes) is 9.